The van der Waals surface area contributed by atoms with Gasteiger partial charge in [-0.3, -0.25) is 4.68 Å². The molecule has 7 nitrogen and oxygen atoms in total. The van der Waals surface area contributed by atoms with Crippen LogP contribution in [0.3, 0.4) is 0 Å². The zero-order valence-electron chi connectivity index (χ0n) is 11.7. The van der Waals surface area contributed by atoms with E-state index in [9.17, 15) is 4.79 Å². The Labute approximate surface area is 135 Å². The van der Waals surface area contributed by atoms with E-state index in [1.54, 1.807) is 18.5 Å². The van der Waals surface area contributed by atoms with Crippen molar-refractivity contribution in [3.8, 4) is 11.6 Å². The molecule has 2 aromatic rings. The van der Waals surface area contributed by atoms with Crippen LogP contribution in [-0.4, -0.2) is 44.0 Å². The Morgan fingerprint density at radius 2 is 2.09 bits per heavy atom. The highest BCUT2D eigenvalue weighted by molar-refractivity contribution is 9.10. The molecular formula is C14H15BrN4O3. The third kappa shape index (κ3) is 3.38. The first-order valence-corrected chi connectivity index (χ1v) is 7.72. The first-order chi connectivity index (χ1) is 10.6. The summed E-state index contributed by atoms with van der Waals surface area (Å²) in [6, 6.07) is 3.83. The van der Waals surface area contributed by atoms with Gasteiger partial charge in [-0.05, 0) is 34.8 Å². The van der Waals surface area contributed by atoms with Crippen molar-refractivity contribution in [2.45, 2.75) is 18.9 Å². The summed E-state index contributed by atoms with van der Waals surface area (Å²) in [5, 5.41) is 13.3. The van der Waals surface area contributed by atoms with Crippen molar-refractivity contribution in [2.24, 2.45) is 0 Å². The average Bonchev–Trinajstić information content (AvgIpc) is 2.98. The Kier molecular flexibility index (Phi) is 4.28. The fraction of sp³-hybridized carbons (Fsp3) is 0.357. The van der Waals surface area contributed by atoms with Crippen LogP contribution in [0.4, 0.5) is 4.79 Å². The summed E-state index contributed by atoms with van der Waals surface area (Å²) < 4.78 is 8.37. The van der Waals surface area contributed by atoms with Crippen LogP contribution in [0.15, 0.2) is 35.2 Å². The monoisotopic (exact) mass is 366 g/mol. The molecular weight excluding hydrogens is 352 g/mol. The number of ether oxygens (including phenoxy) is 1. The number of carbonyl (C=O) groups is 1. The molecule has 0 bridgehead atoms. The molecule has 3 heterocycles. The molecule has 22 heavy (non-hydrogen) atoms. The van der Waals surface area contributed by atoms with Crippen molar-refractivity contribution in [1.82, 2.24) is 19.7 Å². The molecule has 0 aliphatic carbocycles. The minimum absolute atomic E-state index is 0.200. The lowest BCUT2D eigenvalue weighted by molar-refractivity contribution is 0.124. The molecule has 1 aliphatic heterocycles. The van der Waals surface area contributed by atoms with Gasteiger partial charge in [0.15, 0.2) is 5.75 Å². The Balaban J connectivity index is 1.62. The molecule has 0 atom stereocenters. The van der Waals surface area contributed by atoms with Crippen LogP contribution < -0.4 is 4.74 Å². The molecule has 1 aliphatic rings. The first-order valence-electron chi connectivity index (χ1n) is 6.93. The number of nitrogens with zero attached hydrogens (tertiary/aromatic N) is 4. The highest BCUT2D eigenvalue weighted by Gasteiger charge is 2.24. The van der Waals surface area contributed by atoms with Crippen LogP contribution in [0, 0.1) is 0 Å². The number of piperidine rings is 1. The predicted molar refractivity (Wildman–Crippen MR) is 82.1 cm³/mol. The molecule has 3 rings (SSSR count). The number of aromatic nitrogens is 3. The van der Waals surface area contributed by atoms with Gasteiger partial charge in [0.05, 0.1) is 18.4 Å². The number of halogens is 1. The number of likely N-dealkylation sites (tertiary alicyclic amines) is 1. The summed E-state index contributed by atoms with van der Waals surface area (Å²) in [6.07, 6.45) is 5.79. The maximum absolute atomic E-state index is 10.9. The number of hydrogen-bond acceptors (Lipinski definition) is 4. The standard InChI is InChI=1S/C14H15BrN4O3/c15-10-1-2-13(16-7-10)22-12-8-17-19(9-12)11-3-5-18(6-4-11)14(20)21/h1-2,7-9,11H,3-6H2,(H,20,21). The molecule has 0 saturated carbocycles. The zero-order chi connectivity index (χ0) is 15.5. The average molecular weight is 367 g/mol. The van der Waals surface area contributed by atoms with E-state index in [0.29, 0.717) is 24.7 Å². The highest BCUT2D eigenvalue weighted by Crippen LogP contribution is 2.25. The van der Waals surface area contributed by atoms with Crippen molar-refractivity contribution in [1.29, 1.82) is 0 Å². The first kappa shape index (κ1) is 14.8. The Bertz CT molecular complexity index is 650. The largest absolute Gasteiger partial charge is 0.465 e. The second-order valence-electron chi connectivity index (χ2n) is 5.07. The molecule has 8 heteroatoms. The topological polar surface area (TPSA) is 80.5 Å². The molecule has 0 aromatic carbocycles. The van der Waals surface area contributed by atoms with Gasteiger partial charge in [0.1, 0.15) is 0 Å². The second kappa shape index (κ2) is 6.35. The molecule has 116 valence electrons. The lowest BCUT2D eigenvalue weighted by Crippen LogP contribution is -2.38. The van der Waals surface area contributed by atoms with E-state index in [0.717, 1.165) is 17.3 Å². The molecule has 0 unspecified atom stereocenters. The van der Waals surface area contributed by atoms with Crippen LogP contribution >= 0.6 is 15.9 Å². The molecule has 1 amide bonds. The molecule has 0 radical (unpaired) electrons. The number of pyridine rings is 1. The fourth-order valence-electron chi connectivity index (χ4n) is 2.44. The van der Waals surface area contributed by atoms with E-state index < -0.39 is 6.09 Å². The van der Waals surface area contributed by atoms with Gasteiger partial charge in [-0.25, -0.2) is 9.78 Å². The number of carboxylic acid groups (broad SMARTS) is 1. The van der Waals surface area contributed by atoms with Crippen LogP contribution in [0.1, 0.15) is 18.9 Å². The Morgan fingerprint density at radius 3 is 2.73 bits per heavy atom. The number of rotatable bonds is 3. The number of hydrogen-bond donors (Lipinski definition) is 1. The van der Waals surface area contributed by atoms with Gasteiger partial charge in [0.2, 0.25) is 5.88 Å². The lowest BCUT2D eigenvalue weighted by Gasteiger charge is -2.29. The predicted octanol–water partition coefficient (Wildman–Crippen LogP) is 3.15. The third-order valence-corrected chi connectivity index (χ3v) is 4.08. The SMILES string of the molecule is O=C(O)N1CCC(n2cc(Oc3ccc(Br)cn3)cn2)CC1. The summed E-state index contributed by atoms with van der Waals surface area (Å²) in [5.41, 5.74) is 0. The van der Waals surface area contributed by atoms with E-state index >= 15 is 0 Å². The van der Waals surface area contributed by atoms with Crippen molar-refractivity contribution >= 4 is 22.0 Å². The van der Waals surface area contributed by atoms with Gasteiger partial charge < -0.3 is 14.7 Å². The Hall–Kier alpha value is -2.09. The fourth-order valence-corrected chi connectivity index (χ4v) is 2.67. The summed E-state index contributed by atoms with van der Waals surface area (Å²) in [5.74, 6) is 1.12. The minimum atomic E-state index is -0.857. The zero-order valence-corrected chi connectivity index (χ0v) is 13.3. The van der Waals surface area contributed by atoms with E-state index in [1.807, 2.05) is 16.9 Å². The Morgan fingerprint density at radius 1 is 1.32 bits per heavy atom. The minimum Gasteiger partial charge on any atom is -0.465 e. The third-order valence-electron chi connectivity index (χ3n) is 3.61. The maximum atomic E-state index is 10.9. The van der Waals surface area contributed by atoms with E-state index in [4.69, 9.17) is 9.84 Å². The maximum Gasteiger partial charge on any atom is 0.407 e. The van der Waals surface area contributed by atoms with E-state index in [2.05, 4.69) is 26.0 Å². The summed E-state index contributed by atoms with van der Waals surface area (Å²) >= 11 is 3.32. The van der Waals surface area contributed by atoms with Gasteiger partial charge in [-0.2, -0.15) is 5.10 Å². The van der Waals surface area contributed by atoms with Crippen molar-refractivity contribution in [3.05, 3.63) is 35.2 Å². The quantitative estimate of drug-likeness (QED) is 0.902. The van der Waals surface area contributed by atoms with Crippen LogP contribution in [0.2, 0.25) is 0 Å². The summed E-state index contributed by atoms with van der Waals surface area (Å²) in [7, 11) is 0. The molecule has 1 saturated heterocycles. The molecule has 1 N–H and O–H groups in total. The van der Waals surface area contributed by atoms with E-state index in [-0.39, 0.29) is 6.04 Å². The van der Waals surface area contributed by atoms with Gasteiger partial charge in [0, 0.05) is 29.8 Å². The molecule has 0 spiro atoms. The summed E-state index contributed by atoms with van der Waals surface area (Å²) in [6.45, 7) is 1.06. The van der Waals surface area contributed by atoms with Gasteiger partial charge >= 0.3 is 6.09 Å². The highest BCUT2D eigenvalue weighted by atomic mass is 79.9. The van der Waals surface area contributed by atoms with E-state index in [1.165, 1.54) is 4.90 Å². The lowest BCUT2D eigenvalue weighted by atomic mass is 10.1. The number of amides is 1. The smallest absolute Gasteiger partial charge is 0.407 e. The molecule has 1 fully saturated rings. The van der Waals surface area contributed by atoms with Crippen molar-refractivity contribution in [2.75, 3.05) is 13.1 Å². The second-order valence-corrected chi connectivity index (χ2v) is 5.99. The van der Waals surface area contributed by atoms with Crippen LogP contribution in [-0.2, 0) is 0 Å². The van der Waals surface area contributed by atoms with Crippen LogP contribution in [0.5, 0.6) is 11.6 Å². The summed E-state index contributed by atoms with van der Waals surface area (Å²) in [4.78, 5) is 16.5. The van der Waals surface area contributed by atoms with Crippen LogP contribution in [0.25, 0.3) is 0 Å². The normalized spacial score (nSPS) is 15.8. The van der Waals surface area contributed by atoms with Gasteiger partial charge in [-0.15, -0.1) is 0 Å². The van der Waals surface area contributed by atoms with Crippen molar-refractivity contribution < 1.29 is 14.6 Å². The molecule has 2 aromatic heterocycles. The van der Waals surface area contributed by atoms with Crippen molar-refractivity contribution in [3.63, 3.8) is 0 Å². The van der Waals surface area contributed by atoms with Gasteiger partial charge in [0.25, 0.3) is 0 Å². The van der Waals surface area contributed by atoms with Gasteiger partial charge in [-0.1, -0.05) is 0 Å².